The van der Waals surface area contributed by atoms with Gasteiger partial charge in [-0.1, -0.05) is 38.3 Å². The number of hydrogen-bond donors (Lipinski definition) is 1. The second-order valence-electron chi connectivity index (χ2n) is 4.32. The zero-order valence-electron chi connectivity index (χ0n) is 10.4. The molecule has 1 unspecified atom stereocenters. The molecular formula is C14H23NO. The maximum atomic E-state index is 5.82. The zero-order valence-corrected chi connectivity index (χ0v) is 10.4. The summed E-state index contributed by atoms with van der Waals surface area (Å²) in [5.41, 5.74) is 6.55. The zero-order chi connectivity index (χ0) is 11.8. The molecule has 16 heavy (non-hydrogen) atoms. The van der Waals surface area contributed by atoms with Crippen LogP contribution in [0.5, 0.6) is 5.75 Å². The van der Waals surface area contributed by atoms with Crippen molar-refractivity contribution < 1.29 is 4.74 Å². The Labute approximate surface area is 98.8 Å². The van der Waals surface area contributed by atoms with Gasteiger partial charge in [-0.3, -0.25) is 0 Å². The smallest absolute Gasteiger partial charge is 0.142 e. The van der Waals surface area contributed by atoms with E-state index in [1.807, 2.05) is 24.3 Å². The Morgan fingerprint density at radius 2 is 1.94 bits per heavy atom. The van der Waals surface area contributed by atoms with E-state index >= 15 is 0 Å². The fourth-order valence-electron chi connectivity index (χ4n) is 1.72. The maximum Gasteiger partial charge on any atom is 0.142 e. The fraction of sp³-hybridized carbons (Fsp3) is 0.571. The van der Waals surface area contributed by atoms with Crippen molar-refractivity contribution in [1.29, 1.82) is 0 Å². The molecule has 0 aliphatic rings. The fourth-order valence-corrected chi connectivity index (χ4v) is 1.72. The summed E-state index contributed by atoms with van der Waals surface area (Å²) in [4.78, 5) is 0. The van der Waals surface area contributed by atoms with Crippen LogP contribution in [0, 0.1) is 0 Å². The summed E-state index contributed by atoms with van der Waals surface area (Å²) in [6.07, 6.45) is 6.49. The van der Waals surface area contributed by atoms with Crippen molar-refractivity contribution in [2.45, 2.75) is 52.1 Å². The number of benzene rings is 1. The molecule has 1 atom stereocenters. The molecule has 2 nitrogen and oxygen atoms in total. The molecule has 0 aromatic heterocycles. The maximum absolute atomic E-state index is 5.82. The molecule has 1 aromatic rings. The molecular weight excluding hydrogens is 198 g/mol. The van der Waals surface area contributed by atoms with Crippen molar-refractivity contribution in [3.63, 3.8) is 0 Å². The van der Waals surface area contributed by atoms with E-state index in [1.165, 1.54) is 25.7 Å². The van der Waals surface area contributed by atoms with Gasteiger partial charge >= 0.3 is 0 Å². The van der Waals surface area contributed by atoms with Crippen LogP contribution < -0.4 is 10.5 Å². The van der Waals surface area contributed by atoms with Crippen LogP contribution in [0.2, 0.25) is 0 Å². The largest absolute Gasteiger partial charge is 0.489 e. The van der Waals surface area contributed by atoms with Gasteiger partial charge in [0.15, 0.2) is 0 Å². The Bertz CT molecular complexity index is 299. The molecule has 0 spiro atoms. The molecule has 0 radical (unpaired) electrons. The highest BCUT2D eigenvalue weighted by atomic mass is 16.5. The quantitative estimate of drug-likeness (QED) is 0.558. The highest BCUT2D eigenvalue weighted by Crippen LogP contribution is 2.22. The molecule has 1 aromatic carbocycles. The minimum absolute atomic E-state index is 0.251. The molecule has 0 saturated carbocycles. The average Bonchev–Trinajstić information content (AvgIpc) is 2.28. The Kier molecular flexibility index (Phi) is 5.76. The lowest BCUT2D eigenvalue weighted by molar-refractivity contribution is 0.207. The average molecular weight is 221 g/mol. The monoisotopic (exact) mass is 221 g/mol. The lowest BCUT2D eigenvalue weighted by Crippen LogP contribution is -2.12. The summed E-state index contributed by atoms with van der Waals surface area (Å²) in [5.74, 6) is 0.811. The van der Waals surface area contributed by atoms with E-state index in [0.717, 1.165) is 17.9 Å². The molecule has 90 valence electrons. The highest BCUT2D eigenvalue weighted by Gasteiger charge is 2.05. The van der Waals surface area contributed by atoms with Gasteiger partial charge in [0.05, 0.1) is 11.8 Å². The molecule has 0 aliphatic heterocycles. The number of nitrogen functional groups attached to an aromatic ring is 1. The Morgan fingerprint density at radius 1 is 1.19 bits per heavy atom. The van der Waals surface area contributed by atoms with Crippen LogP contribution in [-0.2, 0) is 0 Å². The van der Waals surface area contributed by atoms with Crippen LogP contribution in [0.25, 0.3) is 0 Å². The van der Waals surface area contributed by atoms with E-state index in [1.54, 1.807) is 0 Å². The molecule has 0 amide bonds. The van der Waals surface area contributed by atoms with Crippen molar-refractivity contribution in [2.24, 2.45) is 0 Å². The Hall–Kier alpha value is -1.18. The number of rotatable bonds is 7. The van der Waals surface area contributed by atoms with Crippen LogP contribution in [-0.4, -0.2) is 6.10 Å². The lowest BCUT2D eigenvalue weighted by atomic mass is 10.1. The minimum atomic E-state index is 0.251. The predicted octanol–water partition coefficient (Wildman–Crippen LogP) is 4.01. The van der Waals surface area contributed by atoms with Gasteiger partial charge in [0.1, 0.15) is 5.75 Å². The van der Waals surface area contributed by atoms with Gasteiger partial charge in [-0.05, 0) is 31.9 Å². The molecule has 0 heterocycles. The number of unbranched alkanes of at least 4 members (excludes halogenated alkanes) is 3. The SMILES string of the molecule is CCCCCCC(C)Oc1ccccc1N. The van der Waals surface area contributed by atoms with Crippen molar-refractivity contribution >= 4 is 5.69 Å². The van der Waals surface area contributed by atoms with E-state index in [-0.39, 0.29) is 6.10 Å². The first-order valence-corrected chi connectivity index (χ1v) is 6.25. The number of nitrogens with two attached hydrogens (primary N) is 1. The van der Waals surface area contributed by atoms with Gasteiger partial charge < -0.3 is 10.5 Å². The van der Waals surface area contributed by atoms with Crippen LogP contribution in [0.1, 0.15) is 46.0 Å². The van der Waals surface area contributed by atoms with Gasteiger partial charge in [0, 0.05) is 0 Å². The summed E-state index contributed by atoms with van der Waals surface area (Å²) in [6.45, 7) is 4.34. The van der Waals surface area contributed by atoms with Gasteiger partial charge in [0.2, 0.25) is 0 Å². The lowest BCUT2D eigenvalue weighted by Gasteiger charge is -2.15. The van der Waals surface area contributed by atoms with E-state index in [2.05, 4.69) is 13.8 Å². The second-order valence-corrected chi connectivity index (χ2v) is 4.32. The topological polar surface area (TPSA) is 35.2 Å². The van der Waals surface area contributed by atoms with E-state index in [9.17, 15) is 0 Å². The van der Waals surface area contributed by atoms with E-state index < -0.39 is 0 Å². The standard InChI is InChI=1S/C14H23NO/c1-3-4-5-6-9-12(2)16-14-11-8-7-10-13(14)15/h7-8,10-12H,3-6,9,15H2,1-2H3. The van der Waals surface area contributed by atoms with E-state index in [0.29, 0.717) is 0 Å². The normalized spacial score (nSPS) is 12.4. The molecule has 0 bridgehead atoms. The molecule has 0 aliphatic carbocycles. The predicted molar refractivity (Wildman–Crippen MR) is 69.7 cm³/mol. The summed E-state index contributed by atoms with van der Waals surface area (Å²) in [7, 11) is 0. The highest BCUT2D eigenvalue weighted by molar-refractivity contribution is 5.51. The van der Waals surface area contributed by atoms with Crippen LogP contribution in [0.15, 0.2) is 24.3 Å². The minimum Gasteiger partial charge on any atom is -0.489 e. The number of hydrogen-bond acceptors (Lipinski definition) is 2. The van der Waals surface area contributed by atoms with Gasteiger partial charge in [0.25, 0.3) is 0 Å². The van der Waals surface area contributed by atoms with Crippen molar-refractivity contribution in [1.82, 2.24) is 0 Å². The molecule has 2 N–H and O–H groups in total. The van der Waals surface area contributed by atoms with E-state index in [4.69, 9.17) is 10.5 Å². The van der Waals surface area contributed by atoms with Gasteiger partial charge in [-0.2, -0.15) is 0 Å². The first-order valence-electron chi connectivity index (χ1n) is 6.25. The summed E-state index contributed by atoms with van der Waals surface area (Å²) in [6, 6.07) is 7.68. The van der Waals surface area contributed by atoms with Crippen LogP contribution in [0.3, 0.4) is 0 Å². The van der Waals surface area contributed by atoms with Gasteiger partial charge in [-0.15, -0.1) is 0 Å². The van der Waals surface area contributed by atoms with Gasteiger partial charge in [-0.25, -0.2) is 0 Å². The van der Waals surface area contributed by atoms with Crippen molar-refractivity contribution in [2.75, 3.05) is 5.73 Å². The molecule has 0 fully saturated rings. The summed E-state index contributed by atoms with van der Waals surface area (Å²) < 4.78 is 5.80. The summed E-state index contributed by atoms with van der Waals surface area (Å²) in [5, 5.41) is 0. The third-order valence-electron chi connectivity index (χ3n) is 2.71. The number of anilines is 1. The first-order chi connectivity index (χ1) is 7.74. The van der Waals surface area contributed by atoms with Crippen molar-refractivity contribution in [3.8, 4) is 5.75 Å². The number of ether oxygens (including phenoxy) is 1. The molecule has 2 heteroatoms. The van der Waals surface area contributed by atoms with Crippen LogP contribution in [0.4, 0.5) is 5.69 Å². The Morgan fingerprint density at radius 3 is 2.62 bits per heavy atom. The summed E-state index contributed by atoms with van der Waals surface area (Å²) >= 11 is 0. The molecule has 0 saturated heterocycles. The van der Waals surface area contributed by atoms with Crippen LogP contribution >= 0.6 is 0 Å². The van der Waals surface area contributed by atoms with Crippen molar-refractivity contribution in [3.05, 3.63) is 24.3 Å². The first kappa shape index (κ1) is 12.9. The third-order valence-corrected chi connectivity index (χ3v) is 2.71. The third kappa shape index (κ3) is 4.56. The Balaban J connectivity index is 2.28. The number of para-hydroxylation sites is 2. The second kappa shape index (κ2) is 7.15. The molecule has 1 rings (SSSR count).